The maximum absolute atomic E-state index is 15.4. The molecule has 6 heteroatoms. The number of nitrogens with zero attached hydrogens (tertiary/aromatic N) is 1. The van der Waals surface area contributed by atoms with E-state index in [1.807, 2.05) is 37.3 Å². The van der Waals surface area contributed by atoms with Gasteiger partial charge in [-0.3, -0.25) is 4.90 Å². The number of rotatable bonds is 5. The van der Waals surface area contributed by atoms with Gasteiger partial charge in [-0.1, -0.05) is 26.0 Å². The molecule has 3 heterocycles. The molecule has 4 aliphatic rings. The fourth-order valence-corrected chi connectivity index (χ4v) is 5.87. The summed E-state index contributed by atoms with van der Waals surface area (Å²) in [6, 6.07) is 10.8. The molecular formula is C28H35FN2O3. The SMILES string of the molecule is CCOc1ccc(-c2cc3c(cc2F)[C@H](NC(=O)O[C@@H]2CN4CCC2CC4)C(C)(C)CC3)cc1. The van der Waals surface area contributed by atoms with Gasteiger partial charge in [0, 0.05) is 12.1 Å². The fraction of sp³-hybridized carbons (Fsp3) is 0.536. The molecule has 0 aromatic heterocycles. The summed E-state index contributed by atoms with van der Waals surface area (Å²) < 4.78 is 26.8. The lowest BCUT2D eigenvalue weighted by atomic mass is 9.70. The lowest BCUT2D eigenvalue weighted by Crippen LogP contribution is -2.53. The second-order valence-corrected chi connectivity index (χ2v) is 10.6. The maximum atomic E-state index is 15.4. The van der Waals surface area contributed by atoms with Crippen LogP contribution in [0, 0.1) is 17.2 Å². The van der Waals surface area contributed by atoms with Crippen LogP contribution >= 0.6 is 0 Å². The Labute approximate surface area is 201 Å². The number of amides is 1. The Hall–Kier alpha value is -2.60. The normalized spacial score (nSPS) is 27.1. The van der Waals surface area contributed by atoms with Gasteiger partial charge in [0.05, 0.1) is 12.6 Å². The predicted molar refractivity (Wildman–Crippen MR) is 130 cm³/mol. The summed E-state index contributed by atoms with van der Waals surface area (Å²) in [6.07, 6.45) is 3.50. The molecule has 0 radical (unpaired) electrons. The zero-order valence-corrected chi connectivity index (χ0v) is 20.4. The first kappa shape index (κ1) is 23.2. The zero-order chi connectivity index (χ0) is 23.9. The highest BCUT2D eigenvalue weighted by Crippen LogP contribution is 2.45. The second-order valence-electron chi connectivity index (χ2n) is 10.6. The molecule has 1 N–H and O–H groups in total. The molecule has 6 rings (SSSR count). The molecule has 5 nitrogen and oxygen atoms in total. The number of halogens is 1. The molecule has 2 aromatic rings. The molecule has 2 aromatic carbocycles. The third-order valence-electron chi connectivity index (χ3n) is 7.95. The van der Waals surface area contributed by atoms with Crippen molar-refractivity contribution >= 4 is 6.09 Å². The van der Waals surface area contributed by atoms with E-state index >= 15 is 4.39 Å². The molecule has 3 saturated heterocycles. The molecule has 0 unspecified atom stereocenters. The fourth-order valence-electron chi connectivity index (χ4n) is 5.87. The summed E-state index contributed by atoms with van der Waals surface area (Å²) >= 11 is 0. The van der Waals surface area contributed by atoms with E-state index in [4.69, 9.17) is 9.47 Å². The predicted octanol–water partition coefficient (Wildman–Crippen LogP) is 5.73. The summed E-state index contributed by atoms with van der Waals surface area (Å²) in [5, 5.41) is 3.12. The number of ether oxygens (including phenoxy) is 2. The van der Waals surface area contributed by atoms with Gasteiger partial charge in [-0.15, -0.1) is 0 Å². The standard InChI is InChI=1S/C28H35FN2O3/c1-4-33-21-7-5-18(6-8-21)22-15-20-9-12-28(2,3)26(23(20)16-24(22)29)30-27(32)34-25-17-31-13-10-19(25)11-14-31/h5-8,15-16,19,25-26H,4,9-14,17H2,1-3H3,(H,30,32)/t25-,26+/m1/s1. The Morgan fingerprint density at radius 3 is 2.56 bits per heavy atom. The minimum absolute atomic E-state index is 0.0487. The quantitative estimate of drug-likeness (QED) is 0.612. The van der Waals surface area contributed by atoms with E-state index in [0.29, 0.717) is 18.1 Å². The number of carbonyl (C=O) groups excluding carboxylic acids is 1. The Kier molecular flexibility index (Phi) is 6.28. The average molecular weight is 467 g/mol. The van der Waals surface area contributed by atoms with E-state index in [-0.39, 0.29) is 29.5 Å². The van der Waals surface area contributed by atoms with E-state index in [1.165, 1.54) is 0 Å². The molecule has 1 aliphatic carbocycles. The highest BCUT2D eigenvalue weighted by molar-refractivity contribution is 5.70. The summed E-state index contributed by atoms with van der Waals surface area (Å²) in [7, 11) is 0. The summed E-state index contributed by atoms with van der Waals surface area (Å²) in [5.74, 6) is 0.951. The van der Waals surface area contributed by atoms with Crippen LogP contribution in [0.15, 0.2) is 36.4 Å². The van der Waals surface area contributed by atoms with Crippen LogP contribution in [0.1, 0.15) is 57.2 Å². The third kappa shape index (κ3) is 4.52. The van der Waals surface area contributed by atoms with Crippen molar-refractivity contribution in [1.29, 1.82) is 0 Å². The van der Waals surface area contributed by atoms with Gasteiger partial charge < -0.3 is 14.8 Å². The van der Waals surface area contributed by atoms with Crippen molar-refractivity contribution in [3.05, 3.63) is 53.3 Å². The number of carbonyl (C=O) groups is 1. The van der Waals surface area contributed by atoms with Crippen LogP contribution in [0.4, 0.5) is 9.18 Å². The topological polar surface area (TPSA) is 50.8 Å². The monoisotopic (exact) mass is 466 g/mol. The first-order chi connectivity index (χ1) is 16.3. The maximum Gasteiger partial charge on any atom is 0.407 e. The van der Waals surface area contributed by atoms with Crippen molar-refractivity contribution in [2.45, 2.75) is 58.6 Å². The number of nitrogens with one attached hydrogen (secondary N) is 1. The summed E-state index contributed by atoms with van der Waals surface area (Å²) in [6.45, 7) is 9.83. The van der Waals surface area contributed by atoms with Crippen LogP contribution in [0.25, 0.3) is 11.1 Å². The smallest absolute Gasteiger partial charge is 0.407 e. The van der Waals surface area contributed by atoms with Gasteiger partial charge in [-0.05, 0) is 98.0 Å². The summed E-state index contributed by atoms with van der Waals surface area (Å²) in [5.41, 5.74) is 3.13. The lowest BCUT2D eigenvalue weighted by molar-refractivity contribution is -0.0353. The number of aryl methyl sites for hydroxylation is 1. The first-order valence-electron chi connectivity index (χ1n) is 12.6. The Bertz CT molecular complexity index is 1040. The van der Waals surface area contributed by atoms with Crippen LogP contribution in [-0.4, -0.2) is 43.3 Å². The number of hydrogen-bond donors (Lipinski definition) is 1. The van der Waals surface area contributed by atoms with Crippen molar-refractivity contribution in [3.8, 4) is 16.9 Å². The van der Waals surface area contributed by atoms with Crippen LogP contribution in [-0.2, 0) is 11.2 Å². The van der Waals surface area contributed by atoms with Crippen molar-refractivity contribution in [2.24, 2.45) is 11.3 Å². The second kappa shape index (κ2) is 9.21. The van der Waals surface area contributed by atoms with Crippen molar-refractivity contribution in [2.75, 3.05) is 26.2 Å². The van der Waals surface area contributed by atoms with Gasteiger partial charge in [-0.25, -0.2) is 9.18 Å². The van der Waals surface area contributed by atoms with Gasteiger partial charge in [0.2, 0.25) is 0 Å². The largest absolute Gasteiger partial charge is 0.494 e. The first-order valence-corrected chi connectivity index (χ1v) is 12.6. The van der Waals surface area contributed by atoms with Crippen LogP contribution in [0.5, 0.6) is 5.75 Å². The van der Waals surface area contributed by atoms with Crippen molar-refractivity contribution in [3.63, 3.8) is 0 Å². The number of piperidine rings is 3. The van der Waals surface area contributed by atoms with Crippen LogP contribution < -0.4 is 10.1 Å². The lowest BCUT2D eigenvalue weighted by Gasteiger charge is -2.44. The molecule has 2 bridgehead atoms. The molecule has 2 atom stereocenters. The Balaban J connectivity index is 1.36. The molecule has 0 spiro atoms. The average Bonchev–Trinajstić information content (AvgIpc) is 2.82. The van der Waals surface area contributed by atoms with Gasteiger partial charge in [0.25, 0.3) is 0 Å². The third-order valence-corrected chi connectivity index (χ3v) is 7.95. The van der Waals surface area contributed by atoms with E-state index in [1.54, 1.807) is 6.07 Å². The summed E-state index contributed by atoms with van der Waals surface area (Å²) in [4.78, 5) is 15.3. The van der Waals surface area contributed by atoms with Crippen LogP contribution in [0.2, 0.25) is 0 Å². The molecule has 34 heavy (non-hydrogen) atoms. The highest BCUT2D eigenvalue weighted by Gasteiger charge is 2.40. The highest BCUT2D eigenvalue weighted by atomic mass is 19.1. The molecule has 182 valence electrons. The van der Waals surface area contributed by atoms with E-state index in [2.05, 4.69) is 24.1 Å². The minimum Gasteiger partial charge on any atom is -0.494 e. The van der Waals surface area contributed by atoms with Crippen LogP contribution in [0.3, 0.4) is 0 Å². The van der Waals surface area contributed by atoms with Gasteiger partial charge >= 0.3 is 6.09 Å². The van der Waals surface area contributed by atoms with Crippen molar-refractivity contribution in [1.82, 2.24) is 10.2 Å². The molecule has 1 amide bonds. The minimum atomic E-state index is -0.388. The molecule has 3 aliphatic heterocycles. The van der Waals surface area contributed by atoms with Gasteiger partial charge in [-0.2, -0.15) is 0 Å². The van der Waals surface area contributed by atoms with E-state index in [0.717, 1.165) is 67.8 Å². The van der Waals surface area contributed by atoms with Gasteiger partial charge in [0.15, 0.2) is 0 Å². The van der Waals surface area contributed by atoms with Crippen molar-refractivity contribution < 1.29 is 18.7 Å². The molecule has 3 fully saturated rings. The van der Waals surface area contributed by atoms with E-state index in [9.17, 15) is 4.79 Å². The van der Waals surface area contributed by atoms with E-state index < -0.39 is 0 Å². The number of benzene rings is 2. The molecular weight excluding hydrogens is 431 g/mol. The Morgan fingerprint density at radius 2 is 1.91 bits per heavy atom. The zero-order valence-electron chi connectivity index (χ0n) is 20.4. The number of hydrogen-bond acceptors (Lipinski definition) is 4. The number of fused-ring (bicyclic) bond motifs is 4. The number of alkyl carbamates (subject to hydrolysis) is 1. The molecule has 0 saturated carbocycles. The van der Waals surface area contributed by atoms with Gasteiger partial charge in [0.1, 0.15) is 17.7 Å². The Morgan fingerprint density at radius 1 is 1.18 bits per heavy atom.